The Kier molecular flexibility index (Phi) is 7.46. The standard InChI is InChI=1S/C14H20O2.2C2H6/c1-10-5-11(13(2,3)4)7-12(6-10)14(15)8-16-9-14;2*1-2/h5-7,15H,8-9H2,1-4H3;2*1-2H3. The summed E-state index contributed by atoms with van der Waals surface area (Å²) in [6, 6.07) is 6.35. The van der Waals surface area contributed by atoms with Crippen molar-refractivity contribution in [3.05, 3.63) is 34.9 Å². The maximum Gasteiger partial charge on any atom is 0.136 e. The Hall–Kier alpha value is -0.860. The molecule has 1 aromatic rings. The van der Waals surface area contributed by atoms with Crippen molar-refractivity contribution in [3.63, 3.8) is 0 Å². The first-order chi connectivity index (χ1) is 9.31. The molecule has 0 bridgehead atoms. The monoisotopic (exact) mass is 280 g/mol. The Morgan fingerprint density at radius 1 is 1.00 bits per heavy atom. The zero-order chi connectivity index (χ0) is 16.0. The molecule has 116 valence electrons. The minimum atomic E-state index is -0.758. The van der Waals surface area contributed by atoms with E-state index in [1.54, 1.807) is 0 Å². The lowest BCUT2D eigenvalue weighted by molar-refractivity contribution is -0.184. The van der Waals surface area contributed by atoms with E-state index in [-0.39, 0.29) is 5.41 Å². The van der Waals surface area contributed by atoms with Gasteiger partial charge in [-0.05, 0) is 23.5 Å². The van der Waals surface area contributed by atoms with Crippen molar-refractivity contribution in [2.24, 2.45) is 0 Å². The van der Waals surface area contributed by atoms with Gasteiger partial charge in [-0.3, -0.25) is 0 Å². The molecule has 0 amide bonds. The molecular weight excluding hydrogens is 248 g/mol. The van der Waals surface area contributed by atoms with E-state index in [0.717, 1.165) is 5.56 Å². The molecule has 0 aromatic heterocycles. The normalized spacial score (nSPS) is 16.1. The molecular formula is C18H32O2. The van der Waals surface area contributed by atoms with Crippen LogP contribution in [0.3, 0.4) is 0 Å². The number of hydrogen-bond acceptors (Lipinski definition) is 2. The van der Waals surface area contributed by atoms with Crippen LogP contribution in [0.1, 0.15) is 65.2 Å². The molecule has 0 radical (unpaired) electrons. The van der Waals surface area contributed by atoms with E-state index in [0.29, 0.717) is 13.2 Å². The lowest BCUT2D eigenvalue weighted by Crippen LogP contribution is -2.46. The molecule has 1 aromatic carbocycles. The van der Waals surface area contributed by atoms with Gasteiger partial charge in [-0.15, -0.1) is 0 Å². The summed E-state index contributed by atoms with van der Waals surface area (Å²) in [5.41, 5.74) is 2.81. The Balaban J connectivity index is 0.000000829. The molecule has 1 N–H and O–H groups in total. The van der Waals surface area contributed by atoms with E-state index >= 15 is 0 Å². The van der Waals surface area contributed by atoms with E-state index in [9.17, 15) is 5.11 Å². The minimum absolute atomic E-state index is 0.113. The van der Waals surface area contributed by atoms with Gasteiger partial charge < -0.3 is 9.84 Å². The van der Waals surface area contributed by atoms with Crippen LogP contribution in [0.4, 0.5) is 0 Å². The molecule has 20 heavy (non-hydrogen) atoms. The first kappa shape index (κ1) is 19.1. The quantitative estimate of drug-likeness (QED) is 0.817. The molecule has 1 heterocycles. The van der Waals surface area contributed by atoms with E-state index < -0.39 is 5.60 Å². The number of rotatable bonds is 1. The molecule has 1 saturated heterocycles. The van der Waals surface area contributed by atoms with Crippen molar-refractivity contribution in [1.29, 1.82) is 0 Å². The first-order valence-corrected chi connectivity index (χ1v) is 7.74. The summed E-state index contributed by atoms with van der Waals surface area (Å²) in [7, 11) is 0. The highest BCUT2D eigenvalue weighted by Crippen LogP contribution is 2.33. The number of ether oxygens (including phenoxy) is 1. The molecule has 2 heteroatoms. The van der Waals surface area contributed by atoms with E-state index in [2.05, 4.69) is 45.9 Å². The molecule has 1 aliphatic heterocycles. The number of hydrogen-bond donors (Lipinski definition) is 1. The fourth-order valence-corrected chi connectivity index (χ4v) is 1.95. The Bertz CT molecular complexity index is 398. The lowest BCUT2D eigenvalue weighted by atomic mass is 9.81. The predicted octanol–water partition coefficient (Wildman–Crippen LogP) is 4.56. The third kappa shape index (κ3) is 4.60. The SMILES string of the molecule is CC.CC.Cc1cc(C(C)(C)C)cc(C2(O)COC2)c1. The molecule has 0 atom stereocenters. The van der Waals surface area contributed by atoms with E-state index in [1.807, 2.05) is 27.7 Å². The summed E-state index contributed by atoms with van der Waals surface area (Å²) in [6.07, 6.45) is 0. The summed E-state index contributed by atoms with van der Waals surface area (Å²) >= 11 is 0. The fraction of sp³-hybridized carbons (Fsp3) is 0.667. The smallest absolute Gasteiger partial charge is 0.136 e. The third-order valence-corrected chi connectivity index (χ3v) is 3.16. The van der Waals surface area contributed by atoms with Gasteiger partial charge in [0.15, 0.2) is 0 Å². The average Bonchev–Trinajstić information content (AvgIpc) is 2.39. The summed E-state index contributed by atoms with van der Waals surface area (Å²) in [4.78, 5) is 0. The summed E-state index contributed by atoms with van der Waals surface area (Å²) in [5.74, 6) is 0. The predicted molar refractivity (Wildman–Crippen MR) is 87.3 cm³/mol. The van der Waals surface area contributed by atoms with Crippen molar-refractivity contribution in [2.45, 2.75) is 66.4 Å². The van der Waals surface area contributed by atoms with Gasteiger partial charge in [-0.25, -0.2) is 0 Å². The minimum Gasteiger partial charge on any atom is -0.380 e. The maximum atomic E-state index is 10.3. The molecule has 2 nitrogen and oxygen atoms in total. The highest BCUT2D eigenvalue weighted by atomic mass is 16.5. The second-order valence-corrected chi connectivity index (χ2v) is 5.86. The molecule has 0 aliphatic carbocycles. The van der Waals surface area contributed by atoms with Crippen molar-refractivity contribution in [1.82, 2.24) is 0 Å². The largest absolute Gasteiger partial charge is 0.380 e. The van der Waals surface area contributed by atoms with Crippen molar-refractivity contribution < 1.29 is 9.84 Å². The summed E-state index contributed by atoms with van der Waals surface area (Å²) < 4.78 is 5.11. The topological polar surface area (TPSA) is 29.5 Å². The van der Waals surface area contributed by atoms with Gasteiger partial charge >= 0.3 is 0 Å². The second kappa shape index (κ2) is 7.80. The second-order valence-electron chi connectivity index (χ2n) is 5.86. The Labute approximate surface area is 125 Å². The van der Waals surface area contributed by atoms with Crippen LogP contribution >= 0.6 is 0 Å². The van der Waals surface area contributed by atoms with Gasteiger partial charge in [0.2, 0.25) is 0 Å². The summed E-state index contributed by atoms with van der Waals surface area (Å²) in [5, 5.41) is 10.3. The van der Waals surface area contributed by atoms with Gasteiger partial charge in [-0.1, -0.05) is 72.2 Å². The number of aryl methyl sites for hydroxylation is 1. The Morgan fingerprint density at radius 2 is 1.50 bits per heavy atom. The molecule has 0 spiro atoms. The van der Waals surface area contributed by atoms with Crippen LogP contribution in [0.15, 0.2) is 18.2 Å². The van der Waals surface area contributed by atoms with Gasteiger partial charge in [0, 0.05) is 0 Å². The first-order valence-electron chi connectivity index (χ1n) is 7.74. The lowest BCUT2D eigenvalue weighted by Gasteiger charge is -2.37. The van der Waals surface area contributed by atoms with Crippen molar-refractivity contribution in [3.8, 4) is 0 Å². The number of aliphatic hydroxyl groups is 1. The van der Waals surface area contributed by atoms with Crippen LogP contribution in [0.5, 0.6) is 0 Å². The van der Waals surface area contributed by atoms with E-state index in [4.69, 9.17) is 4.74 Å². The molecule has 0 saturated carbocycles. The van der Waals surface area contributed by atoms with E-state index in [1.165, 1.54) is 11.1 Å². The van der Waals surface area contributed by atoms with Crippen LogP contribution in [-0.2, 0) is 15.8 Å². The van der Waals surface area contributed by atoms with Crippen LogP contribution in [-0.4, -0.2) is 18.3 Å². The van der Waals surface area contributed by atoms with Crippen LogP contribution in [0.2, 0.25) is 0 Å². The van der Waals surface area contributed by atoms with Crippen LogP contribution in [0, 0.1) is 6.92 Å². The molecule has 1 fully saturated rings. The number of benzene rings is 1. The molecule has 0 unspecified atom stereocenters. The fourth-order valence-electron chi connectivity index (χ4n) is 1.95. The zero-order valence-electron chi connectivity index (χ0n) is 14.5. The van der Waals surface area contributed by atoms with Gasteiger partial charge in [0.1, 0.15) is 5.60 Å². The summed E-state index contributed by atoms with van der Waals surface area (Å²) in [6.45, 7) is 17.5. The van der Waals surface area contributed by atoms with Gasteiger partial charge in [0.25, 0.3) is 0 Å². The van der Waals surface area contributed by atoms with Crippen molar-refractivity contribution in [2.75, 3.05) is 13.2 Å². The van der Waals surface area contributed by atoms with Crippen molar-refractivity contribution >= 4 is 0 Å². The molecule has 2 rings (SSSR count). The highest BCUT2D eigenvalue weighted by molar-refractivity contribution is 5.37. The Morgan fingerprint density at radius 3 is 1.85 bits per heavy atom. The zero-order valence-corrected chi connectivity index (χ0v) is 14.5. The third-order valence-electron chi connectivity index (χ3n) is 3.16. The van der Waals surface area contributed by atoms with Gasteiger partial charge in [0.05, 0.1) is 13.2 Å². The average molecular weight is 280 g/mol. The highest BCUT2D eigenvalue weighted by Gasteiger charge is 2.38. The maximum absolute atomic E-state index is 10.3. The van der Waals surface area contributed by atoms with Gasteiger partial charge in [-0.2, -0.15) is 0 Å². The van der Waals surface area contributed by atoms with Crippen LogP contribution in [0.25, 0.3) is 0 Å². The van der Waals surface area contributed by atoms with Crippen LogP contribution < -0.4 is 0 Å². The molecule has 1 aliphatic rings.